The van der Waals surface area contributed by atoms with E-state index in [1.165, 1.54) is 0 Å². The second-order valence-electron chi connectivity index (χ2n) is 3.35. The predicted octanol–water partition coefficient (Wildman–Crippen LogP) is 1.35. The van der Waals surface area contributed by atoms with Crippen LogP contribution in [0.2, 0.25) is 0 Å². The Hall–Kier alpha value is -0.680. The fourth-order valence-corrected chi connectivity index (χ4v) is 3.67. The van der Waals surface area contributed by atoms with Gasteiger partial charge in [-0.2, -0.15) is 0 Å². The second-order valence-corrected chi connectivity index (χ2v) is 6.56. The Balaban J connectivity index is 2.00. The van der Waals surface area contributed by atoms with Gasteiger partial charge < -0.3 is 0 Å². The molecule has 0 spiro atoms. The van der Waals surface area contributed by atoms with Crippen molar-refractivity contribution in [2.45, 2.75) is 12.5 Å². The molecule has 1 unspecified atom stereocenters. The van der Waals surface area contributed by atoms with Gasteiger partial charge in [0.1, 0.15) is 0 Å². The molecule has 0 radical (unpaired) electrons. The minimum atomic E-state index is -2.80. The zero-order valence-electron chi connectivity index (χ0n) is 7.59. The summed E-state index contributed by atoms with van der Waals surface area (Å²) in [5.41, 5.74) is 0. The number of thiophene rings is 1. The van der Waals surface area contributed by atoms with Gasteiger partial charge in [-0.3, -0.25) is 4.99 Å². The molecule has 0 saturated carbocycles. The first kappa shape index (κ1) is 9.86. The third-order valence-electron chi connectivity index (χ3n) is 2.16. The van der Waals surface area contributed by atoms with Gasteiger partial charge in [0.25, 0.3) is 0 Å². The van der Waals surface area contributed by atoms with E-state index in [4.69, 9.17) is 0 Å². The predicted molar refractivity (Wildman–Crippen MR) is 59.0 cm³/mol. The second kappa shape index (κ2) is 3.82. The zero-order valence-corrected chi connectivity index (χ0v) is 9.22. The first-order chi connectivity index (χ1) is 6.66. The number of nitrogens with zero attached hydrogens (tertiary/aromatic N) is 1. The van der Waals surface area contributed by atoms with Crippen LogP contribution in [-0.2, 0) is 9.84 Å². The number of rotatable bonds is 2. The molecule has 5 heteroatoms. The van der Waals surface area contributed by atoms with Crippen LogP contribution in [-0.4, -0.2) is 32.2 Å². The molecule has 1 atom stereocenters. The van der Waals surface area contributed by atoms with E-state index in [9.17, 15) is 8.42 Å². The maximum absolute atomic E-state index is 11.1. The van der Waals surface area contributed by atoms with Crippen LogP contribution in [0.5, 0.6) is 0 Å². The van der Waals surface area contributed by atoms with Crippen molar-refractivity contribution in [1.82, 2.24) is 0 Å². The summed E-state index contributed by atoms with van der Waals surface area (Å²) in [5.74, 6) is 0.508. The summed E-state index contributed by atoms with van der Waals surface area (Å²) in [6, 6.07) is 3.90. The minimum Gasteiger partial charge on any atom is -0.287 e. The van der Waals surface area contributed by atoms with E-state index in [0.29, 0.717) is 12.2 Å². The molecule has 76 valence electrons. The van der Waals surface area contributed by atoms with E-state index in [-0.39, 0.29) is 11.8 Å². The lowest BCUT2D eigenvalue weighted by molar-refractivity contribution is 0.601. The lowest BCUT2D eigenvalue weighted by Gasteiger charge is -1.97. The monoisotopic (exact) mass is 229 g/mol. The topological polar surface area (TPSA) is 46.5 Å². The Labute approximate surface area is 87.4 Å². The molecule has 3 nitrogen and oxygen atoms in total. The van der Waals surface area contributed by atoms with Gasteiger partial charge in [0.05, 0.1) is 17.5 Å². The van der Waals surface area contributed by atoms with E-state index in [2.05, 4.69) is 4.99 Å². The molecule has 0 aliphatic carbocycles. The van der Waals surface area contributed by atoms with Crippen LogP contribution in [0, 0.1) is 0 Å². The normalized spacial score (nSPS) is 25.9. The van der Waals surface area contributed by atoms with Crippen LogP contribution < -0.4 is 0 Å². The Morgan fingerprint density at radius 2 is 2.43 bits per heavy atom. The van der Waals surface area contributed by atoms with Crippen molar-refractivity contribution in [2.75, 3.05) is 11.5 Å². The van der Waals surface area contributed by atoms with Crippen molar-refractivity contribution in [3.63, 3.8) is 0 Å². The lowest BCUT2D eigenvalue weighted by atomic mass is 10.3. The minimum absolute atomic E-state index is 0.0258. The molecule has 0 aromatic carbocycles. The molecule has 1 fully saturated rings. The van der Waals surface area contributed by atoms with Gasteiger partial charge >= 0.3 is 0 Å². The molecule has 1 saturated heterocycles. The summed E-state index contributed by atoms with van der Waals surface area (Å²) >= 11 is 1.61. The average Bonchev–Trinajstić information content (AvgIpc) is 2.70. The van der Waals surface area contributed by atoms with E-state index < -0.39 is 9.84 Å². The molecule has 2 heterocycles. The molecule has 0 amide bonds. The molecule has 2 rings (SSSR count). The quantitative estimate of drug-likeness (QED) is 0.719. The molecule has 1 aromatic heterocycles. The Morgan fingerprint density at radius 1 is 1.57 bits per heavy atom. The molecule has 0 bridgehead atoms. The first-order valence-corrected chi connectivity index (χ1v) is 7.13. The summed E-state index contributed by atoms with van der Waals surface area (Å²) in [5, 5.41) is 1.98. The Bertz CT molecular complexity index is 420. The fraction of sp³-hybridized carbons (Fsp3) is 0.444. The molecule has 1 aliphatic rings. The van der Waals surface area contributed by atoms with Crippen LogP contribution >= 0.6 is 11.3 Å². The van der Waals surface area contributed by atoms with Crippen molar-refractivity contribution in [3.8, 4) is 0 Å². The van der Waals surface area contributed by atoms with Crippen molar-refractivity contribution in [3.05, 3.63) is 22.4 Å². The van der Waals surface area contributed by atoms with E-state index in [0.717, 1.165) is 4.88 Å². The van der Waals surface area contributed by atoms with Gasteiger partial charge in [0, 0.05) is 11.1 Å². The molecule has 14 heavy (non-hydrogen) atoms. The van der Waals surface area contributed by atoms with Gasteiger partial charge in [0.2, 0.25) is 0 Å². The van der Waals surface area contributed by atoms with E-state index >= 15 is 0 Å². The van der Waals surface area contributed by atoms with E-state index in [1.807, 2.05) is 17.5 Å². The zero-order chi connectivity index (χ0) is 10.0. The van der Waals surface area contributed by atoms with Gasteiger partial charge in [-0.1, -0.05) is 6.07 Å². The van der Waals surface area contributed by atoms with Crippen LogP contribution in [0.3, 0.4) is 0 Å². The fourth-order valence-electron chi connectivity index (χ4n) is 1.44. The van der Waals surface area contributed by atoms with E-state index in [1.54, 1.807) is 17.6 Å². The average molecular weight is 229 g/mol. The smallest absolute Gasteiger partial charge is 0.152 e. The van der Waals surface area contributed by atoms with Crippen molar-refractivity contribution in [2.24, 2.45) is 4.99 Å². The lowest BCUT2D eigenvalue weighted by Crippen LogP contribution is -2.07. The van der Waals surface area contributed by atoms with Gasteiger partial charge in [0.15, 0.2) is 9.84 Å². The molecular formula is C9H11NO2S2. The third kappa shape index (κ3) is 2.42. The van der Waals surface area contributed by atoms with Crippen molar-refractivity contribution in [1.29, 1.82) is 0 Å². The largest absolute Gasteiger partial charge is 0.287 e. The highest BCUT2D eigenvalue weighted by molar-refractivity contribution is 7.91. The highest BCUT2D eigenvalue weighted by Crippen LogP contribution is 2.15. The van der Waals surface area contributed by atoms with Crippen molar-refractivity contribution >= 4 is 27.4 Å². The van der Waals surface area contributed by atoms with Gasteiger partial charge in [-0.05, 0) is 17.9 Å². The van der Waals surface area contributed by atoms with Crippen LogP contribution in [0.4, 0.5) is 0 Å². The number of hydrogen-bond donors (Lipinski definition) is 0. The first-order valence-electron chi connectivity index (χ1n) is 4.43. The third-order valence-corrected chi connectivity index (χ3v) is 4.72. The highest BCUT2D eigenvalue weighted by atomic mass is 32.2. The highest BCUT2D eigenvalue weighted by Gasteiger charge is 2.26. The summed E-state index contributed by atoms with van der Waals surface area (Å²) in [4.78, 5) is 5.35. The number of aliphatic imine (C=N–C) groups is 1. The van der Waals surface area contributed by atoms with Crippen LogP contribution in [0.1, 0.15) is 11.3 Å². The van der Waals surface area contributed by atoms with Gasteiger partial charge in [-0.25, -0.2) is 8.42 Å². The van der Waals surface area contributed by atoms with Gasteiger partial charge in [-0.15, -0.1) is 11.3 Å². The molecule has 1 aliphatic heterocycles. The summed E-state index contributed by atoms with van der Waals surface area (Å²) in [6.07, 6.45) is 2.44. The maximum atomic E-state index is 11.1. The number of hydrogen-bond acceptors (Lipinski definition) is 4. The molecular weight excluding hydrogens is 218 g/mol. The van der Waals surface area contributed by atoms with Crippen LogP contribution in [0.25, 0.3) is 0 Å². The summed E-state index contributed by atoms with van der Waals surface area (Å²) in [6.45, 7) is 0. The summed E-state index contributed by atoms with van der Waals surface area (Å²) < 4.78 is 22.3. The maximum Gasteiger partial charge on any atom is 0.152 e. The Kier molecular flexibility index (Phi) is 2.69. The van der Waals surface area contributed by atoms with Crippen molar-refractivity contribution < 1.29 is 8.42 Å². The number of sulfone groups is 1. The Morgan fingerprint density at radius 3 is 3.00 bits per heavy atom. The molecule has 0 N–H and O–H groups in total. The molecule has 1 aromatic rings. The summed E-state index contributed by atoms with van der Waals surface area (Å²) in [7, 11) is -2.80. The standard InChI is InChI=1S/C9H11NO2S2/c11-14(12)5-3-8(7-14)10-6-9-2-1-4-13-9/h1-2,4,6,8H,3,5,7H2. The SMILES string of the molecule is O=S1(=O)CCC(N=Cc2cccs2)C1. The van der Waals surface area contributed by atoms with Crippen LogP contribution in [0.15, 0.2) is 22.5 Å².